The van der Waals surface area contributed by atoms with Crippen molar-refractivity contribution in [2.24, 2.45) is 17.3 Å². The van der Waals surface area contributed by atoms with Gasteiger partial charge in [0.1, 0.15) is 0 Å². The number of hydrogen-bond acceptors (Lipinski definition) is 2. The molecular weight excluding hydrogens is 232 g/mol. The van der Waals surface area contributed by atoms with Crippen molar-refractivity contribution in [2.45, 2.75) is 65.8 Å². The van der Waals surface area contributed by atoms with Gasteiger partial charge in [0, 0.05) is 6.04 Å². The molecule has 0 aromatic rings. The third-order valence-corrected chi connectivity index (χ3v) is 5.45. The van der Waals surface area contributed by atoms with E-state index in [9.17, 15) is 0 Å². The zero-order chi connectivity index (χ0) is 13.9. The van der Waals surface area contributed by atoms with Crippen molar-refractivity contribution in [2.75, 3.05) is 26.2 Å². The van der Waals surface area contributed by atoms with Gasteiger partial charge in [0.05, 0.1) is 0 Å². The van der Waals surface area contributed by atoms with Crippen LogP contribution in [0, 0.1) is 17.3 Å². The van der Waals surface area contributed by atoms with Gasteiger partial charge in [-0.1, -0.05) is 27.7 Å². The zero-order valence-corrected chi connectivity index (χ0v) is 13.5. The predicted molar refractivity (Wildman–Crippen MR) is 83.4 cm³/mol. The Morgan fingerprint density at radius 2 is 1.84 bits per heavy atom. The SMILES string of the molecule is CCNCC1CCN(C2CCC(C)(C)CC2C)CC1. The largest absolute Gasteiger partial charge is 0.317 e. The van der Waals surface area contributed by atoms with E-state index in [1.54, 1.807) is 0 Å². The highest BCUT2D eigenvalue weighted by atomic mass is 15.2. The van der Waals surface area contributed by atoms with E-state index in [0.717, 1.165) is 24.4 Å². The topological polar surface area (TPSA) is 15.3 Å². The minimum Gasteiger partial charge on any atom is -0.317 e. The minimum atomic E-state index is 0.583. The van der Waals surface area contributed by atoms with Gasteiger partial charge in [0.25, 0.3) is 0 Å². The van der Waals surface area contributed by atoms with Crippen LogP contribution in [0.25, 0.3) is 0 Å². The fourth-order valence-electron chi connectivity index (χ4n) is 4.31. The van der Waals surface area contributed by atoms with Crippen molar-refractivity contribution in [3.63, 3.8) is 0 Å². The van der Waals surface area contributed by atoms with Gasteiger partial charge in [-0.05, 0) is 75.5 Å². The Hall–Kier alpha value is -0.0800. The van der Waals surface area contributed by atoms with Crippen molar-refractivity contribution in [1.29, 1.82) is 0 Å². The lowest BCUT2D eigenvalue weighted by Crippen LogP contribution is -2.48. The van der Waals surface area contributed by atoms with Gasteiger partial charge < -0.3 is 10.2 Å². The Bertz CT molecular complexity index is 266. The Morgan fingerprint density at radius 1 is 1.16 bits per heavy atom. The molecule has 1 aliphatic heterocycles. The van der Waals surface area contributed by atoms with Gasteiger partial charge in [-0.2, -0.15) is 0 Å². The zero-order valence-electron chi connectivity index (χ0n) is 13.5. The van der Waals surface area contributed by atoms with Gasteiger partial charge in [-0.3, -0.25) is 0 Å². The fourth-order valence-corrected chi connectivity index (χ4v) is 4.31. The van der Waals surface area contributed by atoms with E-state index in [4.69, 9.17) is 0 Å². The smallest absolute Gasteiger partial charge is 0.0121 e. The highest BCUT2D eigenvalue weighted by molar-refractivity contribution is 4.90. The normalized spacial score (nSPS) is 33.5. The number of likely N-dealkylation sites (tertiary alicyclic amines) is 1. The molecular formula is C17H34N2. The molecule has 0 aromatic heterocycles. The molecule has 2 unspecified atom stereocenters. The highest BCUT2D eigenvalue weighted by Crippen LogP contribution is 2.41. The van der Waals surface area contributed by atoms with E-state index in [0.29, 0.717) is 5.41 Å². The Kier molecular flexibility index (Phi) is 5.30. The van der Waals surface area contributed by atoms with Crippen LogP contribution in [-0.4, -0.2) is 37.1 Å². The van der Waals surface area contributed by atoms with E-state index < -0.39 is 0 Å². The summed E-state index contributed by atoms with van der Waals surface area (Å²) in [5.74, 6) is 1.81. The summed E-state index contributed by atoms with van der Waals surface area (Å²) in [6, 6.07) is 0.869. The second kappa shape index (κ2) is 6.58. The summed E-state index contributed by atoms with van der Waals surface area (Å²) in [7, 11) is 0. The summed E-state index contributed by atoms with van der Waals surface area (Å²) in [4.78, 5) is 2.81. The monoisotopic (exact) mass is 266 g/mol. The Balaban J connectivity index is 1.78. The molecule has 1 aliphatic carbocycles. The summed E-state index contributed by atoms with van der Waals surface area (Å²) in [6.07, 6.45) is 7.06. The first-order valence-electron chi connectivity index (χ1n) is 8.46. The van der Waals surface area contributed by atoms with E-state index in [1.165, 1.54) is 51.7 Å². The number of nitrogens with zero attached hydrogens (tertiary/aromatic N) is 1. The summed E-state index contributed by atoms with van der Waals surface area (Å²) in [5.41, 5.74) is 0.583. The van der Waals surface area contributed by atoms with Crippen LogP contribution in [-0.2, 0) is 0 Å². The Labute approximate surface area is 120 Å². The first-order valence-corrected chi connectivity index (χ1v) is 8.46. The second-order valence-corrected chi connectivity index (χ2v) is 7.74. The molecule has 19 heavy (non-hydrogen) atoms. The fraction of sp³-hybridized carbons (Fsp3) is 1.00. The molecule has 1 N–H and O–H groups in total. The van der Waals surface area contributed by atoms with Crippen LogP contribution in [0.4, 0.5) is 0 Å². The predicted octanol–water partition coefficient (Wildman–Crippen LogP) is 3.52. The lowest BCUT2D eigenvalue weighted by Gasteiger charge is -2.46. The van der Waals surface area contributed by atoms with Crippen LogP contribution in [0.5, 0.6) is 0 Å². The number of piperidine rings is 1. The molecule has 1 saturated heterocycles. The van der Waals surface area contributed by atoms with E-state index in [-0.39, 0.29) is 0 Å². The molecule has 0 amide bonds. The molecule has 1 saturated carbocycles. The molecule has 0 spiro atoms. The highest BCUT2D eigenvalue weighted by Gasteiger charge is 2.36. The summed E-state index contributed by atoms with van der Waals surface area (Å²) in [5, 5.41) is 3.51. The van der Waals surface area contributed by atoms with E-state index in [2.05, 4.69) is 37.9 Å². The third kappa shape index (κ3) is 4.19. The van der Waals surface area contributed by atoms with Crippen molar-refractivity contribution < 1.29 is 0 Å². The minimum absolute atomic E-state index is 0.583. The first kappa shape index (κ1) is 15.3. The average molecular weight is 266 g/mol. The van der Waals surface area contributed by atoms with Crippen LogP contribution in [0.15, 0.2) is 0 Å². The van der Waals surface area contributed by atoms with Crippen LogP contribution in [0.1, 0.15) is 59.8 Å². The molecule has 112 valence electrons. The van der Waals surface area contributed by atoms with Crippen molar-refractivity contribution >= 4 is 0 Å². The molecule has 0 aromatic carbocycles. The van der Waals surface area contributed by atoms with Gasteiger partial charge in [-0.15, -0.1) is 0 Å². The lowest BCUT2D eigenvalue weighted by atomic mass is 9.70. The van der Waals surface area contributed by atoms with Gasteiger partial charge in [0.2, 0.25) is 0 Å². The van der Waals surface area contributed by atoms with E-state index in [1.807, 2.05) is 0 Å². The van der Waals surface area contributed by atoms with Crippen molar-refractivity contribution in [1.82, 2.24) is 10.2 Å². The van der Waals surface area contributed by atoms with Gasteiger partial charge >= 0.3 is 0 Å². The van der Waals surface area contributed by atoms with Gasteiger partial charge in [0.15, 0.2) is 0 Å². The van der Waals surface area contributed by atoms with E-state index >= 15 is 0 Å². The average Bonchev–Trinajstić information content (AvgIpc) is 2.36. The van der Waals surface area contributed by atoms with Crippen molar-refractivity contribution in [3.8, 4) is 0 Å². The molecule has 2 nitrogen and oxygen atoms in total. The molecule has 0 radical (unpaired) electrons. The molecule has 1 heterocycles. The summed E-state index contributed by atoms with van der Waals surface area (Å²) in [6.45, 7) is 14.6. The maximum Gasteiger partial charge on any atom is 0.0121 e. The standard InChI is InChI=1S/C17H34N2/c1-5-18-13-15-7-10-19(11-8-15)16-6-9-17(3,4)12-14(16)2/h14-16,18H,5-13H2,1-4H3. The number of rotatable bonds is 4. The molecule has 2 aliphatic rings. The molecule has 0 bridgehead atoms. The summed E-state index contributed by atoms with van der Waals surface area (Å²) >= 11 is 0. The van der Waals surface area contributed by atoms with Gasteiger partial charge in [-0.25, -0.2) is 0 Å². The second-order valence-electron chi connectivity index (χ2n) is 7.74. The quantitative estimate of drug-likeness (QED) is 0.837. The van der Waals surface area contributed by atoms with Crippen LogP contribution in [0.3, 0.4) is 0 Å². The number of nitrogens with one attached hydrogen (secondary N) is 1. The number of hydrogen-bond donors (Lipinski definition) is 1. The Morgan fingerprint density at radius 3 is 2.42 bits per heavy atom. The maximum atomic E-state index is 3.51. The van der Waals surface area contributed by atoms with Crippen LogP contribution < -0.4 is 5.32 Å². The van der Waals surface area contributed by atoms with Crippen LogP contribution >= 0.6 is 0 Å². The molecule has 2 fully saturated rings. The summed E-state index contributed by atoms with van der Waals surface area (Å²) < 4.78 is 0. The molecule has 2 atom stereocenters. The lowest BCUT2D eigenvalue weighted by molar-refractivity contribution is 0.0377. The first-order chi connectivity index (χ1) is 9.02. The van der Waals surface area contributed by atoms with Crippen LogP contribution in [0.2, 0.25) is 0 Å². The third-order valence-electron chi connectivity index (χ3n) is 5.45. The molecule has 2 rings (SSSR count). The molecule has 2 heteroatoms. The maximum absolute atomic E-state index is 3.51. The van der Waals surface area contributed by atoms with Crippen molar-refractivity contribution in [3.05, 3.63) is 0 Å².